The molecule has 1 aromatic heterocycles. The van der Waals surface area contributed by atoms with E-state index in [1.165, 1.54) is 0 Å². The number of ether oxygens (including phenoxy) is 1. The predicted molar refractivity (Wildman–Crippen MR) is 61.1 cm³/mol. The fraction of sp³-hybridized carbons (Fsp3) is 0.273. The van der Waals surface area contributed by atoms with E-state index < -0.39 is 0 Å². The molecule has 0 bridgehead atoms. The fourth-order valence-electron chi connectivity index (χ4n) is 1.38. The molecule has 0 aliphatic heterocycles. The maximum Gasteiger partial charge on any atom is 0.121 e. The molecule has 0 fully saturated rings. The second kappa shape index (κ2) is 4.65. The highest BCUT2D eigenvalue weighted by Crippen LogP contribution is 2.14. The smallest absolute Gasteiger partial charge is 0.121 e. The zero-order valence-electron chi connectivity index (χ0n) is 9.13. The predicted octanol–water partition coefficient (Wildman–Crippen LogP) is 1.25. The molecule has 0 radical (unpaired) electrons. The maximum atomic E-state index is 5.64. The Balaban J connectivity index is 1.87. The van der Waals surface area contributed by atoms with Crippen molar-refractivity contribution in [1.29, 1.82) is 0 Å². The maximum absolute atomic E-state index is 5.64. The van der Waals surface area contributed by atoms with Crippen LogP contribution in [0.25, 0.3) is 0 Å². The van der Waals surface area contributed by atoms with Crippen LogP contribution in [0.15, 0.2) is 30.5 Å². The van der Waals surface area contributed by atoms with E-state index in [0.717, 1.165) is 11.4 Å². The van der Waals surface area contributed by atoms with E-state index >= 15 is 0 Å². The summed E-state index contributed by atoms with van der Waals surface area (Å²) in [7, 11) is 0. The number of aryl methyl sites for hydroxylation is 1. The Labute approximate surface area is 93.8 Å². The molecule has 5 nitrogen and oxygen atoms in total. The largest absolute Gasteiger partial charge is 0.492 e. The minimum Gasteiger partial charge on any atom is -0.492 e. The fourth-order valence-corrected chi connectivity index (χ4v) is 1.38. The molecule has 2 rings (SSSR count). The summed E-state index contributed by atoms with van der Waals surface area (Å²) < 4.78 is 7.34. The lowest BCUT2D eigenvalue weighted by molar-refractivity contribution is 0.288. The highest BCUT2D eigenvalue weighted by Gasteiger charge is 1.99. The molecule has 0 saturated carbocycles. The number of aromatic nitrogens is 3. The van der Waals surface area contributed by atoms with E-state index in [0.29, 0.717) is 18.8 Å². The number of nitrogens with zero attached hydrogens (tertiary/aromatic N) is 3. The van der Waals surface area contributed by atoms with Crippen molar-refractivity contribution in [2.45, 2.75) is 13.5 Å². The zero-order valence-corrected chi connectivity index (χ0v) is 9.13. The molecular weight excluding hydrogens is 204 g/mol. The Morgan fingerprint density at radius 2 is 2.31 bits per heavy atom. The Morgan fingerprint density at radius 3 is 3.00 bits per heavy atom. The Hall–Kier alpha value is -2.04. The van der Waals surface area contributed by atoms with Crippen molar-refractivity contribution < 1.29 is 4.74 Å². The van der Waals surface area contributed by atoms with Crippen LogP contribution in [-0.4, -0.2) is 21.6 Å². The molecule has 5 heteroatoms. The third kappa shape index (κ3) is 2.50. The van der Waals surface area contributed by atoms with E-state index in [-0.39, 0.29) is 0 Å². The number of rotatable bonds is 4. The van der Waals surface area contributed by atoms with Crippen molar-refractivity contribution in [3.63, 3.8) is 0 Å². The molecule has 2 aromatic rings. The summed E-state index contributed by atoms with van der Waals surface area (Å²) in [5, 5.41) is 7.73. The zero-order chi connectivity index (χ0) is 11.4. The van der Waals surface area contributed by atoms with Crippen molar-refractivity contribution in [1.82, 2.24) is 15.0 Å². The van der Waals surface area contributed by atoms with E-state index in [4.69, 9.17) is 10.5 Å². The Morgan fingerprint density at radius 1 is 1.44 bits per heavy atom. The van der Waals surface area contributed by atoms with Gasteiger partial charge in [-0.3, -0.25) is 0 Å². The highest BCUT2D eigenvalue weighted by atomic mass is 16.5. The first-order chi connectivity index (χ1) is 7.75. The Bertz CT molecular complexity index is 467. The molecule has 2 N–H and O–H groups in total. The number of benzene rings is 1. The van der Waals surface area contributed by atoms with Gasteiger partial charge in [0.1, 0.15) is 12.4 Å². The molecule has 0 spiro atoms. The van der Waals surface area contributed by atoms with Gasteiger partial charge in [-0.1, -0.05) is 11.3 Å². The van der Waals surface area contributed by atoms with Crippen molar-refractivity contribution in [2.24, 2.45) is 0 Å². The number of nitrogens with two attached hydrogens (primary N) is 1. The van der Waals surface area contributed by atoms with Gasteiger partial charge in [0.2, 0.25) is 0 Å². The first-order valence-corrected chi connectivity index (χ1v) is 5.09. The van der Waals surface area contributed by atoms with Crippen LogP contribution in [0.3, 0.4) is 0 Å². The van der Waals surface area contributed by atoms with E-state index in [9.17, 15) is 0 Å². The molecule has 0 aliphatic carbocycles. The molecule has 84 valence electrons. The van der Waals surface area contributed by atoms with Crippen molar-refractivity contribution in [2.75, 3.05) is 12.3 Å². The normalized spacial score (nSPS) is 10.3. The molecule has 16 heavy (non-hydrogen) atoms. The molecule has 0 atom stereocenters. The number of hydrogen-bond acceptors (Lipinski definition) is 4. The molecule has 0 amide bonds. The summed E-state index contributed by atoms with van der Waals surface area (Å²) in [6.07, 6.45) is 1.72. The van der Waals surface area contributed by atoms with Gasteiger partial charge in [0.15, 0.2) is 0 Å². The van der Waals surface area contributed by atoms with Crippen molar-refractivity contribution in [3.8, 4) is 5.75 Å². The van der Waals surface area contributed by atoms with Crippen LogP contribution < -0.4 is 10.5 Å². The van der Waals surface area contributed by atoms with Gasteiger partial charge in [-0.15, -0.1) is 5.10 Å². The average Bonchev–Trinajstić information content (AvgIpc) is 2.65. The minimum atomic E-state index is 0.549. The highest BCUT2D eigenvalue weighted by molar-refractivity contribution is 5.43. The van der Waals surface area contributed by atoms with Gasteiger partial charge in [0, 0.05) is 11.8 Å². The molecule has 1 heterocycles. The van der Waals surface area contributed by atoms with Gasteiger partial charge in [-0.25, -0.2) is 4.68 Å². The molecule has 1 aromatic carbocycles. The van der Waals surface area contributed by atoms with Crippen LogP contribution in [0.5, 0.6) is 5.75 Å². The van der Waals surface area contributed by atoms with E-state index in [2.05, 4.69) is 10.3 Å². The summed E-state index contributed by atoms with van der Waals surface area (Å²) in [6, 6.07) is 7.37. The number of nitrogen functional groups attached to an aromatic ring is 1. The third-order valence-electron chi connectivity index (χ3n) is 2.24. The van der Waals surface area contributed by atoms with Crippen LogP contribution in [0, 0.1) is 6.92 Å². The van der Waals surface area contributed by atoms with Crippen LogP contribution in [-0.2, 0) is 6.54 Å². The summed E-state index contributed by atoms with van der Waals surface area (Å²) in [4.78, 5) is 0. The van der Waals surface area contributed by atoms with Gasteiger partial charge in [0.05, 0.1) is 18.4 Å². The summed E-state index contributed by atoms with van der Waals surface area (Å²) >= 11 is 0. The van der Waals surface area contributed by atoms with Gasteiger partial charge in [0.25, 0.3) is 0 Å². The Kier molecular flexibility index (Phi) is 3.05. The van der Waals surface area contributed by atoms with E-state index in [1.807, 2.05) is 25.1 Å². The second-order valence-corrected chi connectivity index (χ2v) is 3.52. The summed E-state index contributed by atoms with van der Waals surface area (Å²) in [5.41, 5.74) is 7.37. The first-order valence-electron chi connectivity index (χ1n) is 5.09. The molecule has 0 aliphatic rings. The average molecular weight is 218 g/mol. The summed E-state index contributed by atoms with van der Waals surface area (Å²) in [5.74, 6) is 0.776. The van der Waals surface area contributed by atoms with Crippen LogP contribution in [0.1, 0.15) is 5.69 Å². The van der Waals surface area contributed by atoms with Crippen LogP contribution >= 0.6 is 0 Å². The molecular formula is C11H14N4O. The summed E-state index contributed by atoms with van der Waals surface area (Å²) in [6.45, 7) is 3.19. The number of hydrogen-bond donors (Lipinski definition) is 1. The monoisotopic (exact) mass is 218 g/mol. The lowest BCUT2D eigenvalue weighted by Gasteiger charge is -2.07. The topological polar surface area (TPSA) is 66.0 Å². The van der Waals surface area contributed by atoms with Gasteiger partial charge in [-0.2, -0.15) is 0 Å². The quantitative estimate of drug-likeness (QED) is 0.784. The lowest BCUT2D eigenvalue weighted by atomic mass is 10.3. The van der Waals surface area contributed by atoms with Crippen LogP contribution in [0.4, 0.5) is 5.69 Å². The van der Waals surface area contributed by atoms with Gasteiger partial charge in [-0.05, 0) is 19.1 Å². The van der Waals surface area contributed by atoms with Gasteiger partial charge < -0.3 is 10.5 Å². The van der Waals surface area contributed by atoms with E-state index in [1.54, 1.807) is 16.9 Å². The lowest BCUT2D eigenvalue weighted by Crippen LogP contribution is -2.10. The molecule has 0 saturated heterocycles. The first kappa shape index (κ1) is 10.5. The van der Waals surface area contributed by atoms with Crippen LogP contribution in [0.2, 0.25) is 0 Å². The number of anilines is 1. The van der Waals surface area contributed by atoms with Crippen molar-refractivity contribution in [3.05, 3.63) is 36.2 Å². The van der Waals surface area contributed by atoms with Gasteiger partial charge >= 0.3 is 0 Å². The second-order valence-electron chi connectivity index (χ2n) is 3.52. The standard InChI is InChI=1S/C11H14N4O/c1-9-8-13-14-15(9)5-6-16-11-4-2-3-10(12)7-11/h2-4,7-8H,5-6,12H2,1H3. The SMILES string of the molecule is Cc1cnnn1CCOc1cccc(N)c1. The minimum absolute atomic E-state index is 0.549. The molecule has 0 unspecified atom stereocenters. The van der Waals surface area contributed by atoms with Crippen molar-refractivity contribution >= 4 is 5.69 Å². The third-order valence-corrected chi connectivity index (χ3v) is 2.24.